The van der Waals surface area contributed by atoms with Crippen molar-refractivity contribution in [2.45, 2.75) is 29.7 Å². The van der Waals surface area contributed by atoms with E-state index in [4.69, 9.17) is 18.9 Å². The molecule has 0 amide bonds. The molecular formula is C9H17BO4. The minimum atomic E-state index is -0.281. The largest absolute Gasteiger partial charge is 0.382 e. The Labute approximate surface area is 85.3 Å². The summed E-state index contributed by atoms with van der Waals surface area (Å²) in [7, 11) is 7.11. The van der Waals surface area contributed by atoms with Gasteiger partial charge in [0.05, 0.1) is 12.6 Å². The van der Waals surface area contributed by atoms with Gasteiger partial charge < -0.3 is 18.9 Å². The number of ether oxygens (including phenoxy) is 4. The van der Waals surface area contributed by atoms with Crippen LogP contribution in [0.15, 0.2) is 0 Å². The van der Waals surface area contributed by atoms with E-state index in [-0.39, 0.29) is 23.3 Å². The van der Waals surface area contributed by atoms with E-state index >= 15 is 0 Å². The maximum absolute atomic E-state index is 5.89. The minimum Gasteiger partial charge on any atom is -0.382 e. The molecule has 1 heterocycles. The monoisotopic (exact) mass is 200 g/mol. The SMILES string of the molecule is B[C@H]1O[C@]2(COC)C[C@@]2(OC)[C@@H]1OC. The van der Waals surface area contributed by atoms with Crippen molar-refractivity contribution in [3.8, 4) is 0 Å². The molecule has 14 heavy (non-hydrogen) atoms. The summed E-state index contributed by atoms with van der Waals surface area (Å²) in [6, 6.07) is 0.0730. The summed E-state index contributed by atoms with van der Waals surface area (Å²) in [5.41, 5.74) is -0.548. The van der Waals surface area contributed by atoms with Crippen molar-refractivity contribution in [2.75, 3.05) is 27.9 Å². The van der Waals surface area contributed by atoms with Crippen molar-refractivity contribution in [1.82, 2.24) is 0 Å². The predicted octanol–water partition coefficient (Wildman–Crippen LogP) is -0.835. The topological polar surface area (TPSA) is 36.9 Å². The Hall–Kier alpha value is -0.0951. The summed E-state index contributed by atoms with van der Waals surface area (Å²) < 4.78 is 22.1. The van der Waals surface area contributed by atoms with E-state index in [1.165, 1.54) is 0 Å². The lowest BCUT2D eigenvalue weighted by molar-refractivity contribution is -0.0508. The van der Waals surface area contributed by atoms with Crippen molar-refractivity contribution >= 4 is 7.85 Å². The summed E-state index contributed by atoms with van der Waals surface area (Å²) in [5, 5.41) is 0. The van der Waals surface area contributed by atoms with Gasteiger partial charge in [0.2, 0.25) is 0 Å². The zero-order valence-corrected chi connectivity index (χ0v) is 9.20. The number of fused-ring (bicyclic) bond motifs is 1. The van der Waals surface area contributed by atoms with Crippen LogP contribution in [0.1, 0.15) is 6.42 Å². The molecule has 0 spiro atoms. The molecule has 2 rings (SSSR count). The molecule has 0 N–H and O–H groups in total. The highest BCUT2D eigenvalue weighted by Gasteiger charge is 2.79. The molecule has 0 aromatic carbocycles. The predicted molar refractivity (Wildman–Crippen MR) is 53.2 cm³/mol. The molecule has 0 aromatic rings. The van der Waals surface area contributed by atoms with Crippen molar-refractivity contribution in [3.05, 3.63) is 0 Å². The first-order valence-corrected chi connectivity index (χ1v) is 4.90. The molecule has 0 radical (unpaired) electrons. The van der Waals surface area contributed by atoms with Gasteiger partial charge in [-0.15, -0.1) is 0 Å². The third-order valence-corrected chi connectivity index (χ3v) is 3.49. The summed E-state index contributed by atoms with van der Waals surface area (Å²) in [6.07, 6.45) is 0.885. The fraction of sp³-hybridized carbons (Fsp3) is 1.00. The van der Waals surface area contributed by atoms with Crippen LogP contribution in [0.25, 0.3) is 0 Å². The molecule has 2 aliphatic rings. The first-order chi connectivity index (χ1) is 6.65. The molecule has 1 saturated carbocycles. The van der Waals surface area contributed by atoms with Gasteiger partial charge in [0, 0.05) is 27.8 Å². The lowest BCUT2D eigenvalue weighted by Crippen LogP contribution is -2.39. The smallest absolute Gasteiger partial charge is 0.142 e. The van der Waals surface area contributed by atoms with Gasteiger partial charge in [-0.25, -0.2) is 0 Å². The lowest BCUT2D eigenvalue weighted by atomic mass is 9.91. The first-order valence-electron chi connectivity index (χ1n) is 4.90. The fourth-order valence-electron chi connectivity index (χ4n) is 2.87. The number of rotatable bonds is 4. The second-order valence-electron chi connectivity index (χ2n) is 4.18. The van der Waals surface area contributed by atoms with E-state index in [1.807, 2.05) is 7.85 Å². The van der Waals surface area contributed by atoms with Crippen LogP contribution in [0.3, 0.4) is 0 Å². The molecule has 2 fully saturated rings. The molecule has 4 nitrogen and oxygen atoms in total. The van der Waals surface area contributed by atoms with Crippen molar-refractivity contribution in [2.24, 2.45) is 0 Å². The minimum absolute atomic E-state index is 0.0163. The van der Waals surface area contributed by atoms with Crippen molar-refractivity contribution in [1.29, 1.82) is 0 Å². The van der Waals surface area contributed by atoms with Gasteiger partial charge in [0.15, 0.2) is 0 Å². The van der Waals surface area contributed by atoms with Gasteiger partial charge in [-0.05, 0) is 0 Å². The molecule has 1 aliphatic carbocycles. The van der Waals surface area contributed by atoms with Crippen molar-refractivity contribution < 1.29 is 18.9 Å². The zero-order valence-electron chi connectivity index (χ0n) is 9.20. The maximum atomic E-state index is 5.89. The van der Waals surface area contributed by atoms with Crippen LogP contribution in [-0.4, -0.2) is 59.1 Å². The van der Waals surface area contributed by atoms with Crippen LogP contribution in [0.2, 0.25) is 0 Å². The summed E-state index contributed by atoms with van der Waals surface area (Å²) in [6.45, 7) is 0.574. The second-order valence-corrected chi connectivity index (χ2v) is 4.18. The molecule has 0 bridgehead atoms. The summed E-state index contributed by atoms with van der Waals surface area (Å²) in [5.74, 6) is 0. The Morgan fingerprint density at radius 3 is 2.64 bits per heavy atom. The molecular weight excluding hydrogens is 183 g/mol. The van der Waals surface area contributed by atoms with Crippen LogP contribution in [-0.2, 0) is 18.9 Å². The van der Waals surface area contributed by atoms with Gasteiger partial charge in [-0.3, -0.25) is 0 Å². The van der Waals surface area contributed by atoms with Crippen LogP contribution in [0.5, 0.6) is 0 Å². The summed E-state index contributed by atoms with van der Waals surface area (Å²) >= 11 is 0. The Balaban J connectivity index is 2.19. The molecule has 80 valence electrons. The van der Waals surface area contributed by atoms with Gasteiger partial charge in [-0.1, -0.05) is 0 Å². The van der Waals surface area contributed by atoms with E-state index < -0.39 is 0 Å². The number of hydrogen-bond donors (Lipinski definition) is 0. The standard InChI is InChI=1S/C9H17BO4/c1-11-5-8-4-9(8,13-3)6(12-2)7(10)14-8/h6-7H,4-5,10H2,1-3H3/t6-,7+,8+,9-/m1/s1. The molecule has 1 saturated heterocycles. The van der Waals surface area contributed by atoms with Gasteiger partial charge in [0.1, 0.15) is 25.2 Å². The lowest BCUT2D eigenvalue weighted by Gasteiger charge is -2.22. The Morgan fingerprint density at radius 2 is 2.14 bits per heavy atom. The van der Waals surface area contributed by atoms with Crippen molar-refractivity contribution in [3.63, 3.8) is 0 Å². The molecule has 0 unspecified atom stereocenters. The van der Waals surface area contributed by atoms with Crippen LogP contribution >= 0.6 is 0 Å². The average molecular weight is 200 g/mol. The highest BCUT2D eigenvalue weighted by Crippen LogP contribution is 2.62. The molecule has 0 aromatic heterocycles. The number of hydrogen-bond acceptors (Lipinski definition) is 4. The molecule has 4 atom stereocenters. The van der Waals surface area contributed by atoms with Gasteiger partial charge in [0.25, 0.3) is 0 Å². The van der Waals surface area contributed by atoms with E-state index in [0.29, 0.717) is 6.61 Å². The normalized spacial score (nSPS) is 50.5. The van der Waals surface area contributed by atoms with E-state index in [1.54, 1.807) is 21.3 Å². The van der Waals surface area contributed by atoms with Crippen LogP contribution in [0.4, 0.5) is 0 Å². The zero-order chi connectivity index (χ0) is 10.4. The third-order valence-electron chi connectivity index (χ3n) is 3.49. The Morgan fingerprint density at radius 1 is 1.43 bits per heavy atom. The quantitative estimate of drug-likeness (QED) is 0.555. The number of methoxy groups -OCH3 is 3. The van der Waals surface area contributed by atoms with Gasteiger partial charge in [-0.2, -0.15) is 0 Å². The highest BCUT2D eigenvalue weighted by atomic mass is 16.6. The van der Waals surface area contributed by atoms with E-state index in [0.717, 1.165) is 6.42 Å². The van der Waals surface area contributed by atoms with Gasteiger partial charge >= 0.3 is 0 Å². The molecule has 5 heteroatoms. The van der Waals surface area contributed by atoms with Crippen LogP contribution < -0.4 is 0 Å². The average Bonchev–Trinajstić information content (AvgIpc) is 2.69. The van der Waals surface area contributed by atoms with E-state index in [2.05, 4.69) is 0 Å². The third kappa shape index (κ3) is 1.04. The second kappa shape index (κ2) is 3.20. The first kappa shape index (κ1) is 10.4. The Kier molecular flexibility index (Phi) is 2.38. The fourth-order valence-corrected chi connectivity index (χ4v) is 2.87. The summed E-state index contributed by atoms with van der Waals surface area (Å²) in [4.78, 5) is 0. The van der Waals surface area contributed by atoms with E-state index in [9.17, 15) is 0 Å². The maximum Gasteiger partial charge on any atom is 0.142 e. The Bertz CT molecular complexity index is 237. The van der Waals surface area contributed by atoms with Crippen LogP contribution in [0, 0.1) is 0 Å². The molecule has 1 aliphatic heterocycles. The highest BCUT2D eigenvalue weighted by molar-refractivity contribution is 6.12.